The van der Waals surface area contributed by atoms with Crippen molar-refractivity contribution in [3.63, 3.8) is 0 Å². The minimum atomic E-state index is -0.428. The number of nitrogens with two attached hydrogens (primary N) is 1. The minimum absolute atomic E-state index is 0.0165. The van der Waals surface area contributed by atoms with Gasteiger partial charge in [-0.15, -0.1) is 5.92 Å². The van der Waals surface area contributed by atoms with E-state index in [1.54, 1.807) is 30.0 Å². The molecule has 1 saturated heterocycles. The molecule has 1 aliphatic heterocycles. The molecule has 4 aromatic rings. The van der Waals surface area contributed by atoms with Crippen molar-refractivity contribution in [3.05, 3.63) is 56.9 Å². The summed E-state index contributed by atoms with van der Waals surface area (Å²) in [7, 11) is 0. The van der Waals surface area contributed by atoms with Gasteiger partial charge in [0.15, 0.2) is 5.52 Å². The molecule has 2 N–H and O–H groups in total. The first-order valence-electron chi connectivity index (χ1n) is 12.2. The number of nitriles is 1. The molecule has 5 heterocycles. The molecule has 0 aromatic carbocycles. The van der Waals surface area contributed by atoms with Gasteiger partial charge >= 0.3 is 0 Å². The molecule has 0 bridgehead atoms. The molecule has 0 amide bonds. The molecule has 1 aliphatic rings. The number of rotatable bonds is 6. The smallest absolute Gasteiger partial charge is 0.293 e. The van der Waals surface area contributed by atoms with Crippen LogP contribution in [0.1, 0.15) is 31.7 Å². The first-order chi connectivity index (χ1) is 18.0. The molecular weight excluding hydrogens is 470 g/mol. The number of aromatic nitrogens is 6. The van der Waals surface area contributed by atoms with Crippen LogP contribution in [0.3, 0.4) is 0 Å². The number of nitrogens with zero attached hydrogens (tertiary/aromatic N) is 8. The van der Waals surface area contributed by atoms with Crippen LogP contribution in [-0.4, -0.2) is 48.0 Å². The van der Waals surface area contributed by atoms with Gasteiger partial charge in [-0.25, -0.2) is 14.3 Å². The second-order valence-electron chi connectivity index (χ2n) is 9.05. The Kier molecular flexibility index (Phi) is 6.71. The van der Waals surface area contributed by atoms with E-state index in [1.807, 2.05) is 17.0 Å². The Bertz CT molecular complexity index is 1700. The van der Waals surface area contributed by atoms with Crippen molar-refractivity contribution in [2.45, 2.75) is 51.9 Å². The molecule has 0 saturated carbocycles. The van der Waals surface area contributed by atoms with Crippen LogP contribution in [0.4, 0.5) is 5.95 Å². The van der Waals surface area contributed by atoms with Gasteiger partial charge in [0.25, 0.3) is 11.1 Å². The highest BCUT2D eigenvalue weighted by molar-refractivity contribution is 5.77. The maximum Gasteiger partial charge on any atom is 0.293 e. The van der Waals surface area contributed by atoms with E-state index in [4.69, 9.17) is 5.73 Å². The predicted molar refractivity (Wildman–Crippen MR) is 140 cm³/mol. The molecule has 5 rings (SSSR count). The Morgan fingerprint density at radius 3 is 2.84 bits per heavy atom. The number of hydrogen-bond donors (Lipinski definition) is 1. The topological polar surface area (TPSA) is 141 Å². The lowest BCUT2D eigenvalue weighted by atomic mass is 10.1. The van der Waals surface area contributed by atoms with Crippen molar-refractivity contribution in [1.29, 1.82) is 5.26 Å². The first-order valence-corrected chi connectivity index (χ1v) is 12.2. The molecule has 37 heavy (non-hydrogen) atoms. The van der Waals surface area contributed by atoms with E-state index in [2.05, 4.69) is 32.9 Å². The van der Waals surface area contributed by atoms with E-state index in [1.165, 1.54) is 9.36 Å². The second kappa shape index (κ2) is 10.2. The summed E-state index contributed by atoms with van der Waals surface area (Å²) < 4.78 is 4.40. The lowest BCUT2D eigenvalue weighted by Crippen LogP contribution is -2.44. The Hall–Kier alpha value is -4.48. The van der Waals surface area contributed by atoms with Crippen LogP contribution in [0.2, 0.25) is 0 Å². The van der Waals surface area contributed by atoms with Gasteiger partial charge in [0.1, 0.15) is 5.52 Å². The molecule has 1 fully saturated rings. The van der Waals surface area contributed by atoms with Crippen molar-refractivity contribution >= 4 is 28.0 Å². The molecule has 188 valence electrons. The fraction of sp³-hybridized carbons (Fsp3) is 0.385. The third-order valence-electron chi connectivity index (χ3n) is 6.54. The molecule has 0 aliphatic carbocycles. The summed E-state index contributed by atoms with van der Waals surface area (Å²) in [6.07, 6.45) is 5.21. The number of anilines is 1. The Morgan fingerprint density at radius 2 is 2.05 bits per heavy atom. The standard InChI is InChI=1S/C26H27N9O2/c1-2-3-12-33-23-22(31-26(33)32-11-5-7-19(28)17-32)24(36)34(13-6-9-27)35(25(23)37)16-18-14-21-20(30-15-18)8-4-10-29-21/h4,8,10,14-15,19H,5-7,11-13,16-17,28H2,1H3. The van der Waals surface area contributed by atoms with E-state index >= 15 is 0 Å². The third-order valence-corrected chi connectivity index (χ3v) is 6.54. The summed E-state index contributed by atoms with van der Waals surface area (Å²) in [5, 5.41) is 9.22. The summed E-state index contributed by atoms with van der Waals surface area (Å²) in [6.45, 7) is 3.39. The van der Waals surface area contributed by atoms with Crippen molar-refractivity contribution in [3.8, 4) is 17.9 Å². The van der Waals surface area contributed by atoms with E-state index in [0.717, 1.165) is 24.9 Å². The van der Waals surface area contributed by atoms with Crippen LogP contribution < -0.4 is 21.8 Å². The number of pyridine rings is 2. The Labute approximate surface area is 212 Å². The Morgan fingerprint density at radius 1 is 1.19 bits per heavy atom. The molecule has 1 unspecified atom stereocenters. The lowest BCUT2D eigenvalue weighted by Gasteiger charge is -2.31. The molecule has 11 nitrogen and oxygen atoms in total. The number of hydrogen-bond acceptors (Lipinski definition) is 8. The monoisotopic (exact) mass is 497 g/mol. The van der Waals surface area contributed by atoms with Crippen LogP contribution in [-0.2, 0) is 19.6 Å². The SMILES string of the molecule is CC#CCn1c(N2CCCC(N)C2)nc2c(=O)n(CCC#N)n(Cc3cnc4cccnc4c3)c(=O)c21. The fourth-order valence-corrected chi connectivity index (χ4v) is 4.80. The Balaban J connectivity index is 1.72. The average molecular weight is 498 g/mol. The molecule has 0 spiro atoms. The molecular formula is C26H27N9O2. The van der Waals surface area contributed by atoms with E-state index in [9.17, 15) is 14.9 Å². The van der Waals surface area contributed by atoms with Crippen LogP contribution in [0.15, 0.2) is 40.2 Å². The second-order valence-corrected chi connectivity index (χ2v) is 9.05. The number of fused-ring (bicyclic) bond motifs is 2. The van der Waals surface area contributed by atoms with Crippen molar-refractivity contribution in [2.24, 2.45) is 5.73 Å². The molecule has 11 heteroatoms. The van der Waals surface area contributed by atoms with Crippen LogP contribution >= 0.6 is 0 Å². The number of imidazole rings is 1. The van der Waals surface area contributed by atoms with Gasteiger partial charge in [0.2, 0.25) is 5.95 Å². The highest BCUT2D eigenvalue weighted by Crippen LogP contribution is 2.22. The van der Waals surface area contributed by atoms with Gasteiger partial charge in [-0.1, -0.05) is 5.92 Å². The van der Waals surface area contributed by atoms with E-state index in [0.29, 0.717) is 23.6 Å². The van der Waals surface area contributed by atoms with Gasteiger partial charge < -0.3 is 10.6 Å². The van der Waals surface area contributed by atoms with Crippen LogP contribution in [0.25, 0.3) is 22.1 Å². The molecule has 4 aromatic heterocycles. The van der Waals surface area contributed by atoms with Gasteiger partial charge in [-0.3, -0.25) is 24.1 Å². The van der Waals surface area contributed by atoms with Crippen LogP contribution in [0.5, 0.6) is 0 Å². The summed E-state index contributed by atoms with van der Waals surface area (Å²) in [5.74, 6) is 6.40. The highest BCUT2D eigenvalue weighted by Gasteiger charge is 2.26. The van der Waals surface area contributed by atoms with Crippen molar-refractivity contribution in [2.75, 3.05) is 18.0 Å². The van der Waals surface area contributed by atoms with Crippen molar-refractivity contribution < 1.29 is 0 Å². The van der Waals surface area contributed by atoms with Gasteiger partial charge in [0, 0.05) is 31.5 Å². The third kappa shape index (κ3) is 4.57. The van der Waals surface area contributed by atoms with Gasteiger partial charge in [-0.2, -0.15) is 5.26 Å². The highest BCUT2D eigenvalue weighted by atomic mass is 16.2. The summed E-state index contributed by atoms with van der Waals surface area (Å²) in [5.41, 5.74) is 7.80. The maximum absolute atomic E-state index is 14.0. The molecule has 1 atom stereocenters. The van der Waals surface area contributed by atoms with E-state index < -0.39 is 5.56 Å². The minimum Gasteiger partial charge on any atom is -0.341 e. The zero-order valence-corrected chi connectivity index (χ0v) is 20.6. The summed E-state index contributed by atoms with van der Waals surface area (Å²) >= 11 is 0. The van der Waals surface area contributed by atoms with E-state index in [-0.39, 0.29) is 48.7 Å². The summed E-state index contributed by atoms with van der Waals surface area (Å²) in [4.78, 5) is 43.2. The quantitative estimate of drug-likeness (QED) is 0.392. The average Bonchev–Trinajstić information content (AvgIpc) is 3.30. The fourth-order valence-electron chi connectivity index (χ4n) is 4.80. The normalized spacial score (nSPS) is 15.5. The lowest BCUT2D eigenvalue weighted by molar-refractivity contribution is 0.446. The summed E-state index contributed by atoms with van der Waals surface area (Å²) in [6, 6.07) is 7.55. The van der Waals surface area contributed by atoms with Gasteiger partial charge in [-0.05, 0) is 43.5 Å². The zero-order valence-electron chi connectivity index (χ0n) is 20.6. The van der Waals surface area contributed by atoms with Gasteiger partial charge in [0.05, 0.1) is 43.2 Å². The molecule has 0 radical (unpaired) electrons. The first kappa shape index (κ1) is 24.2. The predicted octanol–water partition coefficient (Wildman–Crippen LogP) is 1.22. The zero-order chi connectivity index (χ0) is 25.9. The van der Waals surface area contributed by atoms with Crippen LogP contribution in [0, 0.1) is 23.2 Å². The number of piperidine rings is 1. The van der Waals surface area contributed by atoms with Crippen molar-refractivity contribution in [1.82, 2.24) is 28.9 Å². The maximum atomic E-state index is 14.0. The largest absolute Gasteiger partial charge is 0.341 e.